The lowest BCUT2D eigenvalue weighted by Crippen LogP contribution is -2.38. The predicted molar refractivity (Wildman–Crippen MR) is 37.5 cm³/mol. The largest absolute Gasteiger partial charge is 0.393 e. The Balaban J connectivity index is 2.14. The van der Waals surface area contributed by atoms with Crippen LogP contribution in [-0.4, -0.2) is 22.4 Å². The van der Waals surface area contributed by atoms with Crippen LogP contribution in [0.15, 0.2) is 0 Å². The van der Waals surface area contributed by atoms with Crippen LogP contribution in [0.5, 0.6) is 0 Å². The summed E-state index contributed by atoms with van der Waals surface area (Å²) in [4.78, 5) is 0. The van der Waals surface area contributed by atoms with Gasteiger partial charge in [-0.15, -0.1) is 0 Å². The van der Waals surface area contributed by atoms with Crippen molar-refractivity contribution in [1.29, 1.82) is 0 Å². The standard InChI is InChI=1S/C8H14O2/c9-5-8(10)4-6-1-2-7(8)3-6/h6-7,9-10H,1-5H2/t6-,7+,8+/m0/s1. The molecule has 0 aromatic rings. The molecule has 2 bridgehead atoms. The average Bonchev–Trinajstić information content (AvgIpc) is 2.46. The highest BCUT2D eigenvalue weighted by atomic mass is 16.3. The molecule has 2 aliphatic rings. The van der Waals surface area contributed by atoms with Crippen molar-refractivity contribution in [2.45, 2.75) is 31.3 Å². The van der Waals surface area contributed by atoms with Crippen LogP contribution in [0.3, 0.4) is 0 Å². The van der Waals surface area contributed by atoms with Crippen molar-refractivity contribution >= 4 is 0 Å². The molecule has 0 spiro atoms. The van der Waals surface area contributed by atoms with Gasteiger partial charge in [0.15, 0.2) is 0 Å². The molecule has 0 amide bonds. The summed E-state index contributed by atoms with van der Waals surface area (Å²) in [5, 5.41) is 18.6. The maximum atomic E-state index is 9.74. The molecule has 0 aromatic carbocycles. The molecule has 0 radical (unpaired) electrons. The lowest BCUT2D eigenvalue weighted by molar-refractivity contribution is -0.0565. The molecule has 2 aliphatic carbocycles. The number of rotatable bonds is 1. The zero-order chi connectivity index (χ0) is 7.19. The van der Waals surface area contributed by atoms with Gasteiger partial charge in [0.2, 0.25) is 0 Å². The SMILES string of the molecule is OC[C@]1(O)C[C@H]2CC[C@@H]1C2. The third-order valence-corrected chi connectivity index (χ3v) is 3.22. The molecule has 58 valence electrons. The first-order chi connectivity index (χ1) is 4.74. The lowest BCUT2D eigenvalue weighted by Gasteiger charge is -2.29. The van der Waals surface area contributed by atoms with Gasteiger partial charge in [-0.1, -0.05) is 0 Å². The number of aliphatic hydroxyl groups excluding tert-OH is 1. The van der Waals surface area contributed by atoms with Gasteiger partial charge in [0.1, 0.15) is 0 Å². The van der Waals surface area contributed by atoms with Crippen LogP contribution < -0.4 is 0 Å². The van der Waals surface area contributed by atoms with Crippen molar-refractivity contribution in [1.82, 2.24) is 0 Å². The molecule has 0 aliphatic heterocycles. The summed E-state index contributed by atoms with van der Waals surface area (Å²) in [7, 11) is 0. The molecule has 0 aromatic heterocycles. The highest BCUT2D eigenvalue weighted by Crippen LogP contribution is 2.50. The Morgan fingerprint density at radius 2 is 2.20 bits per heavy atom. The molecular weight excluding hydrogens is 128 g/mol. The first-order valence-corrected chi connectivity index (χ1v) is 4.08. The van der Waals surface area contributed by atoms with E-state index in [0.717, 1.165) is 19.3 Å². The van der Waals surface area contributed by atoms with E-state index >= 15 is 0 Å². The Kier molecular flexibility index (Phi) is 1.29. The Morgan fingerprint density at radius 3 is 2.50 bits per heavy atom. The van der Waals surface area contributed by atoms with Crippen molar-refractivity contribution < 1.29 is 10.2 Å². The van der Waals surface area contributed by atoms with Gasteiger partial charge in [-0.2, -0.15) is 0 Å². The van der Waals surface area contributed by atoms with Crippen LogP contribution in [-0.2, 0) is 0 Å². The van der Waals surface area contributed by atoms with Crippen molar-refractivity contribution in [3.05, 3.63) is 0 Å². The van der Waals surface area contributed by atoms with Gasteiger partial charge < -0.3 is 10.2 Å². The van der Waals surface area contributed by atoms with Crippen LogP contribution in [0.25, 0.3) is 0 Å². The van der Waals surface area contributed by atoms with Gasteiger partial charge in [0.25, 0.3) is 0 Å². The van der Waals surface area contributed by atoms with E-state index in [0.29, 0.717) is 11.8 Å². The predicted octanol–water partition coefficient (Wildman–Crippen LogP) is 0.530. The van der Waals surface area contributed by atoms with Crippen LogP contribution >= 0.6 is 0 Å². The van der Waals surface area contributed by atoms with E-state index in [1.807, 2.05) is 0 Å². The van der Waals surface area contributed by atoms with Crippen LogP contribution in [0.4, 0.5) is 0 Å². The van der Waals surface area contributed by atoms with E-state index in [1.165, 1.54) is 6.42 Å². The maximum Gasteiger partial charge on any atom is 0.0908 e. The first-order valence-electron chi connectivity index (χ1n) is 4.08. The van der Waals surface area contributed by atoms with E-state index in [-0.39, 0.29) is 6.61 Å². The fourth-order valence-electron chi connectivity index (χ4n) is 2.61. The molecule has 2 fully saturated rings. The fourth-order valence-corrected chi connectivity index (χ4v) is 2.61. The Hall–Kier alpha value is -0.0800. The lowest BCUT2D eigenvalue weighted by atomic mass is 9.85. The molecule has 2 saturated carbocycles. The second kappa shape index (κ2) is 1.95. The van der Waals surface area contributed by atoms with E-state index in [4.69, 9.17) is 5.11 Å². The van der Waals surface area contributed by atoms with E-state index in [9.17, 15) is 5.11 Å². The summed E-state index contributed by atoms with van der Waals surface area (Å²) in [6, 6.07) is 0. The highest BCUT2D eigenvalue weighted by Gasteiger charge is 2.49. The topological polar surface area (TPSA) is 40.5 Å². The quantitative estimate of drug-likeness (QED) is 0.560. The minimum absolute atomic E-state index is 0.0336. The van der Waals surface area contributed by atoms with Gasteiger partial charge in [-0.25, -0.2) is 0 Å². The summed E-state index contributed by atoms with van der Waals surface area (Å²) in [5.41, 5.74) is -0.692. The van der Waals surface area contributed by atoms with Crippen molar-refractivity contribution in [3.8, 4) is 0 Å². The molecule has 0 heterocycles. The summed E-state index contributed by atoms with van der Waals surface area (Å²) in [6.45, 7) is -0.0336. The summed E-state index contributed by atoms with van der Waals surface area (Å²) in [5.74, 6) is 1.12. The van der Waals surface area contributed by atoms with Crippen molar-refractivity contribution in [2.24, 2.45) is 11.8 Å². The normalized spacial score (nSPS) is 52.2. The van der Waals surface area contributed by atoms with Crippen LogP contribution in [0, 0.1) is 11.8 Å². The minimum Gasteiger partial charge on any atom is -0.393 e. The maximum absolute atomic E-state index is 9.74. The highest BCUT2D eigenvalue weighted by molar-refractivity contribution is 5.00. The molecule has 3 atom stereocenters. The van der Waals surface area contributed by atoms with Gasteiger partial charge >= 0.3 is 0 Å². The second-order valence-corrected chi connectivity index (χ2v) is 3.84. The van der Waals surface area contributed by atoms with E-state index in [1.54, 1.807) is 0 Å². The van der Waals surface area contributed by atoms with Crippen LogP contribution in [0.2, 0.25) is 0 Å². The van der Waals surface area contributed by atoms with Gasteiger partial charge in [0.05, 0.1) is 12.2 Å². The third kappa shape index (κ3) is 0.722. The summed E-state index contributed by atoms with van der Waals surface area (Å²) >= 11 is 0. The smallest absolute Gasteiger partial charge is 0.0908 e. The molecule has 2 nitrogen and oxygen atoms in total. The Bertz CT molecular complexity index is 146. The van der Waals surface area contributed by atoms with Crippen LogP contribution in [0.1, 0.15) is 25.7 Å². The van der Waals surface area contributed by atoms with Crippen molar-refractivity contribution in [2.75, 3.05) is 6.61 Å². The number of hydrogen-bond donors (Lipinski definition) is 2. The Labute approximate surface area is 60.9 Å². The number of hydrogen-bond acceptors (Lipinski definition) is 2. The van der Waals surface area contributed by atoms with Crippen molar-refractivity contribution in [3.63, 3.8) is 0 Å². The molecule has 2 heteroatoms. The van der Waals surface area contributed by atoms with Gasteiger partial charge in [-0.3, -0.25) is 0 Å². The molecule has 10 heavy (non-hydrogen) atoms. The minimum atomic E-state index is -0.692. The Morgan fingerprint density at radius 1 is 1.40 bits per heavy atom. The molecule has 2 rings (SSSR count). The fraction of sp³-hybridized carbons (Fsp3) is 1.00. The molecule has 0 unspecified atom stereocenters. The van der Waals surface area contributed by atoms with E-state index < -0.39 is 5.60 Å². The molecule has 0 saturated heterocycles. The van der Waals surface area contributed by atoms with Gasteiger partial charge in [-0.05, 0) is 37.5 Å². The molecule has 2 N–H and O–H groups in total. The summed E-state index contributed by atoms with van der Waals surface area (Å²) < 4.78 is 0. The average molecular weight is 142 g/mol. The monoisotopic (exact) mass is 142 g/mol. The van der Waals surface area contributed by atoms with Gasteiger partial charge in [0, 0.05) is 0 Å². The second-order valence-electron chi connectivity index (χ2n) is 3.84. The van der Waals surface area contributed by atoms with E-state index in [2.05, 4.69) is 0 Å². The third-order valence-electron chi connectivity index (χ3n) is 3.22. The zero-order valence-electron chi connectivity index (χ0n) is 6.08. The number of fused-ring (bicyclic) bond motifs is 2. The zero-order valence-corrected chi connectivity index (χ0v) is 6.08. The molecular formula is C8H14O2. The summed E-state index contributed by atoms with van der Waals surface area (Å²) in [6.07, 6.45) is 4.39. The number of aliphatic hydroxyl groups is 2. The first kappa shape index (κ1) is 6.62.